The van der Waals surface area contributed by atoms with Gasteiger partial charge in [-0.1, -0.05) is 12.7 Å². The van der Waals surface area contributed by atoms with E-state index >= 15 is 0 Å². The number of rotatable bonds is 6. The third-order valence-electron chi connectivity index (χ3n) is 3.09. The zero-order valence-corrected chi connectivity index (χ0v) is 17.6. The molecule has 0 aliphatic carbocycles. The molecule has 0 aliphatic rings. The van der Waals surface area contributed by atoms with Crippen molar-refractivity contribution in [1.29, 1.82) is 5.26 Å². The fourth-order valence-electron chi connectivity index (χ4n) is 1.93. The number of ether oxygens (including phenoxy) is 1. The zero-order valence-electron chi connectivity index (χ0n) is 13.3. The van der Waals surface area contributed by atoms with Gasteiger partial charge in [-0.2, -0.15) is 10.4 Å². The largest absolute Gasteiger partial charge is 0.487 e. The minimum atomic E-state index is -0.774. The summed E-state index contributed by atoms with van der Waals surface area (Å²) in [4.78, 5) is 12.0. The first-order chi connectivity index (χ1) is 12.5. The van der Waals surface area contributed by atoms with Crippen LogP contribution in [0, 0.1) is 24.3 Å². The van der Waals surface area contributed by atoms with E-state index in [-0.39, 0.29) is 11.1 Å². The minimum absolute atomic E-state index is 0.144. The molecule has 0 unspecified atom stereocenters. The molecule has 0 aliphatic heterocycles. The van der Waals surface area contributed by atoms with Crippen molar-refractivity contribution in [3.63, 3.8) is 0 Å². The molecule has 0 heterocycles. The number of nitriles is 1. The summed E-state index contributed by atoms with van der Waals surface area (Å²) in [6, 6.07) is 9.12. The van der Waals surface area contributed by atoms with Crippen LogP contribution in [0.5, 0.6) is 5.75 Å². The van der Waals surface area contributed by atoms with Crippen molar-refractivity contribution in [3.8, 4) is 11.8 Å². The van der Waals surface area contributed by atoms with Gasteiger partial charge in [-0.15, -0.1) is 0 Å². The normalized spacial score (nSPS) is 10.4. The Morgan fingerprint density at radius 1 is 1.35 bits per heavy atom. The van der Waals surface area contributed by atoms with Gasteiger partial charge in [0.15, 0.2) is 0 Å². The predicted octanol–water partition coefficient (Wildman–Crippen LogP) is 4.24. The lowest BCUT2D eigenvalue weighted by molar-refractivity contribution is 0.0951. The van der Waals surface area contributed by atoms with Crippen molar-refractivity contribution < 1.29 is 13.9 Å². The highest BCUT2D eigenvalue weighted by atomic mass is 127. The van der Waals surface area contributed by atoms with Crippen LogP contribution in [0.3, 0.4) is 0 Å². The number of nitrogens with one attached hydrogen (secondary N) is 1. The van der Waals surface area contributed by atoms with Crippen LogP contribution in [0.15, 0.2) is 48.1 Å². The number of amides is 1. The summed E-state index contributed by atoms with van der Waals surface area (Å²) in [6.45, 7) is 4.02. The molecule has 0 spiro atoms. The average molecular weight is 575 g/mol. The first kappa shape index (κ1) is 20.3. The van der Waals surface area contributed by atoms with Crippen LogP contribution in [-0.4, -0.2) is 18.7 Å². The van der Waals surface area contributed by atoms with Gasteiger partial charge in [0.2, 0.25) is 0 Å². The molecule has 0 atom stereocenters. The third-order valence-corrected chi connectivity index (χ3v) is 4.69. The molecule has 0 saturated carbocycles. The average Bonchev–Trinajstić information content (AvgIpc) is 2.60. The van der Waals surface area contributed by atoms with E-state index in [1.165, 1.54) is 18.3 Å². The van der Waals surface area contributed by atoms with Gasteiger partial charge in [0.1, 0.15) is 18.2 Å². The molecular formula is C18H12FI2N3O2. The van der Waals surface area contributed by atoms with E-state index in [2.05, 4.69) is 62.3 Å². The molecule has 2 aromatic rings. The molecule has 2 rings (SSSR count). The number of hydrazone groups is 1. The van der Waals surface area contributed by atoms with Crippen LogP contribution in [0.25, 0.3) is 0 Å². The summed E-state index contributed by atoms with van der Waals surface area (Å²) >= 11 is 4.30. The number of nitrogens with zero attached hydrogens (tertiary/aromatic N) is 2. The molecule has 0 bridgehead atoms. The first-order valence-electron chi connectivity index (χ1n) is 7.22. The summed E-state index contributed by atoms with van der Waals surface area (Å²) in [5.41, 5.74) is 2.99. The van der Waals surface area contributed by atoms with Gasteiger partial charge in [0.25, 0.3) is 5.91 Å². The fourth-order valence-corrected chi connectivity index (χ4v) is 4.06. The summed E-state index contributed by atoms with van der Waals surface area (Å²) in [7, 11) is 0. The van der Waals surface area contributed by atoms with Gasteiger partial charge < -0.3 is 4.74 Å². The molecule has 0 aromatic heterocycles. The lowest BCUT2D eigenvalue weighted by Gasteiger charge is -2.09. The van der Waals surface area contributed by atoms with Gasteiger partial charge in [0.05, 0.1) is 30.6 Å². The second-order valence-corrected chi connectivity index (χ2v) is 7.24. The van der Waals surface area contributed by atoms with E-state index in [0.717, 1.165) is 24.5 Å². The Morgan fingerprint density at radius 2 is 2.04 bits per heavy atom. The Hall–Kier alpha value is -2.00. The van der Waals surface area contributed by atoms with Crippen molar-refractivity contribution in [2.24, 2.45) is 5.10 Å². The van der Waals surface area contributed by atoms with E-state index in [4.69, 9.17) is 10.00 Å². The van der Waals surface area contributed by atoms with Crippen LogP contribution < -0.4 is 10.2 Å². The van der Waals surface area contributed by atoms with Crippen LogP contribution in [0.4, 0.5) is 4.39 Å². The molecule has 0 radical (unpaired) electrons. The van der Waals surface area contributed by atoms with Gasteiger partial charge >= 0.3 is 0 Å². The molecule has 5 nitrogen and oxygen atoms in total. The topological polar surface area (TPSA) is 74.5 Å². The maximum atomic E-state index is 13.8. The van der Waals surface area contributed by atoms with Crippen molar-refractivity contribution >= 4 is 57.3 Å². The molecule has 26 heavy (non-hydrogen) atoms. The molecule has 0 fully saturated rings. The van der Waals surface area contributed by atoms with E-state index in [9.17, 15) is 9.18 Å². The second-order valence-electron chi connectivity index (χ2n) is 4.92. The maximum Gasteiger partial charge on any atom is 0.274 e. The van der Waals surface area contributed by atoms with Crippen LogP contribution in [0.1, 0.15) is 21.5 Å². The van der Waals surface area contributed by atoms with Crippen molar-refractivity contribution in [1.82, 2.24) is 5.43 Å². The summed E-state index contributed by atoms with van der Waals surface area (Å²) in [5.74, 6) is -0.713. The van der Waals surface area contributed by atoms with Crippen molar-refractivity contribution in [2.75, 3.05) is 6.61 Å². The van der Waals surface area contributed by atoms with Gasteiger partial charge in [-0.25, -0.2) is 9.82 Å². The van der Waals surface area contributed by atoms with Gasteiger partial charge in [0, 0.05) is 0 Å². The van der Waals surface area contributed by atoms with E-state index < -0.39 is 11.7 Å². The fraction of sp³-hybridized carbons (Fsp3) is 0.0556. The quantitative estimate of drug-likeness (QED) is 0.243. The SMILES string of the molecule is C=CCOc1c(I)cc(/C=N\NC(=O)c2ccc(C#N)cc2F)cc1I. The minimum Gasteiger partial charge on any atom is -0.487 e. The van der Waals surface area contributed by atoms with Crippen molar-refractivity contribution in [2.45, 2.75) is 0 Å². The van der Waals surface area contributed by atoms with Gasteiger partial charge in [-0.3, -0.25) is 4.79 Å². The Labute approximate surface area is 177 Å². The number of benzene rings is 2. The predicted molar refractivity (Wildman–Crippen MR) is 114 cm³/mol. The number of hydrogen-bond donors (Lipinski definition) is 1. The summed E-state index contributed by atoms with van der Waals surface area (Å²) in [5, 5.41) is 12.6. The molecule has 1 amide bonds. The molecular weight excluding hydrogens is 563 g/mol. The van der Waals surface area contributed by atoms with Crippen LogP contribution >= 0.6 is 45.2 Å². The summed E-state index contributed by atoms with van der Waals surface area (Å²) in [6.07, 6.45) is 3.13. The van der Waals surface area contributed by atoms with E-state index in [1.807, 2.05) is 18.2 Å². The Kier molecular flexibility index (Phi) is 7.52. The number of hydrogen-bond acceptors (Lipinski definition) is 4. The Morgan fingerprint density at radius 3 is 2.62 bits per heavy atom. The number of carbonyl (C=O) groups excluding carboxylic acids is 1. The van der Waals surface area contributed by atoms with Gasteiger partial charge in [-0.05, 0) is 81.1 Å². The van der Waals surface area contributed by atoms with E-state index in [0.29, 0.717) is 6.61 Å². The third kappa shape index (κ3) is 5.25. The lowest BCUT2D eigenvalue weighted by atomic mass is 10.1. The van der Waals surface area contributed by atoms with Crippen molar-refractivity contribution in [3.05, 3.63) is 72.6 Å². The smallest absolute Gasteiger partial charge is 0.274 e. The second kappa shape index (κ2) is 9.63. The Balaban J connectivity index is 2.10. The highest BCUT2D eigenvalue weighted by Crippen LogP contribution is 2.28. The number of carbonyl (C=O) groups is 1. The standard InChI is InChI=1S/C18H12FI2N3O2/c1-2-5-26-17-15(20)7-12(8-16(17)21)10-23-24-18(25)13-4-3-11(9-22)6-14(13)19/h2-4,6-8,10H,1,5H2,(H,24,25)/b23-10-. The molecule has 0 saturated heterocycles. The highest BCUT2D eigenvalue weighted by Gasteiger charge is 2.12. The van der Waals surface area contributed by atoms with E-state index in [1.54, 1.807) is 6.08 Å². The molecule has 2 aromatic carbocycles. The first-order valence-corrected chi connectivity index (χ1v) is 9.37. The maximum absolute atomic E-state index is 13.8. The molecule has 132 valence electrons. The molecule has 1 N–H and O–H groups in total. The number of halogens is 3. The highest BCUT2D eigenvalue weighted by molar-refractivity contribution is 14.1. The monoisotopic (exact) mass is 575 g/mol. The van der Waals surface area contributed by atoms with Crippen LogP contribution in [-0.2, 0) is 0 Å². The molecule has 8 heteroatoms. The summed E-state index contributed by atoms with van der Waals surface area (Å²) < 4.78 is 21.2. The zero-order chi connectivity index (χ0) is 19.1. The Bertz CT molecular complexity index is 900. The van der Waals surface area contributed by atoms with Crippen LogP contribution in [0.2, 0.25) is 0 Å². The lowest BCUT2D eigenvalue weighted by Crippen LogP contribution is -2.19.